The molecule has 4 rings (SSSR count). The van der Waals surface area contributed by atoms with Crippen LogP contribution < -0.4 is 10.9 Å². The largest absolute Gasteiger partial charge is 0.314 e. The van der Waals surface area contributed by atoms with E-state index < -0.39 is 0 Å². The highest BCUT2D eigenvalue weighted by Crippen LogP contribution is 2.25. The maximum absolute atomic E-state index is 12.2. The van der Waals surface area contributed by atoms with Crippen molar-refractivity contribution in [3.05, 3.63) is 45.5 Å². The molecule has 0 spiro atoms. The minimum atomic E-state index is -0.0695. The van der Waals surface area contributed by atoms with Gasteiger partial charge in [0.05, 0.1) is 10.7 Å². The van der Waals surface area contributed by atoms with E-state index in [1.165, 1.54) is 17.2 Å². The molecule has 2 fully saturated rings. The fraction of sp³-hybridized carbons (Fsp3) is 0.500. The van der Waals surface area contributed by atoms with Gasteiger partial charge in [-0.15, -0.1) is 12.4 Å². The molecule has 0 amide bonds. The van der Waals surface area contributed by atoms with Crippen LogP contribution in [-0.2, 0) is 6.54 Å². The van der Waals surface area contributed by atoms with E-state index in [-0.39, 0.29) is 18.0 Å². The van der Waals surface area contributed by atoms with E-state index in [4.69, 9.17) is 11.6 Å². The van der Waals surface area contributed by atoms with Crippen molar-refractivity contribution in [2.24, 2.45) is 5.92 Å². The summed E-state index contributed by atoms with van der Waals surface area (Å²) in [5.41, 5.74) is 1.43. The molecule has 2 unspecified atom stereocenters. The second-order valence-electron chi connectivity index (χ2n) is 6.29. The summed E-state index contributed by atoms with van der Waals surface area (Å²) in [6.45, 7) is 4.05. The van der Waals surface area contributed by atoms with Gasteiger partial charge in [-0.1, -0.05) is 11.6 Å². The molecule has 0 aliphatic carbocycles. The molecule has 0 bridgehead atoms. The first-order chi connectivity index (χ1) is 10.7. The summed E-state index contributed by atoms with van der Waals surface area (Å²) in [5.74, 6) is 0.745. The van der Waals surface area contributed by atoms with Crippen molar-refractivity contribution in [1.82, 2.24) is 19.6 Å². The minimum absolute atomic E-state index is 0. The third-order valence-corrected chi connectivity index (χ3v) is 5.03. The van der Waals surface area contributed by atoms with Gasteiger partial charge in [-0.25, -0.2) is 4.98 Å². The van der Waals surface area contributed by atoms with E-state index in [0.717, 1.165) is 37.8 Å². The summed E-state index contributed by atoms with van der Waals surface area (Å²) in [5, 5.41) is 4.12. The van der Waals surface area contributed by atoms with Crippen molar-refractivity contribution in [2.75, 3.05) is 19.6 Å². The Labute approximate surface area is 146 Å². The van der Waals surface area contributed by atoms with E-state index in [1.807, 2.05) is 0 Å². The van der Waals surface area contributed by atoms with Gasteiger partial charge in [-0.2, -0.15) is 0 Å². The Hall–Kier alpha value is -1.14. The van der Waals surface area contributed by atoms with Crippen LogP contribution in [0.25, 0.3) is 5.65 Å². The van der Waals surface area contributed by atoms with Gasteiger partial charge in [-0.05, 0) is 37.4 Å². The number of fused-ring (bicyclic) bond motifs is 2. The third-order valence-electron chi connectivity index (χ3n) is 4.80. The molecule has 4 heterocycles. The predicted molar refractivity (Wildman–Crippen MR) is 93.5 cm³/mol. The predicted octanol–water partition coefficient (Wildman–Crippen LogP) is 1.95. The van der Waals surface area contributed by atoms with E-state index in [0.29, 0.717) is 16.7 Å². The van der Waals surface area contributed by atoms with Crippen LogP contribution in [0.5, 0.6) is 0 Å². The van der Waals surface area contributed by atoms with Gasteiger partial charge in [0.1, 0.15) is 5.65 Å². The number of rotatable bonds is 2. The van der Waals surface area contributed by atoms with E-state index in [9.17, 15) is 4.79 Å². The molecule has 5 nitrogen and oxygen atoms in total. The Balaban J connectivity index is 0.00000156. The first-order valence-electron chi connectivity index (χ1n) is 7.82. The molecule has 2 aromatic heterocycles. The van der Waals surface area contributed by atoms with Crippen molar-refractivity contribution in [1.29, 1.82) is 0 Å². The van der Waals surface area contributed by atoms with Crippen molar-refractivity contribution >= 4 is 29.7 Å². The monoisotopic (exact) mass is 354 g/mol. The molecule has 1 N–H and O–H groups in total. The molecule has 124 valence electrons. The molecule has 2 aliphatic heterocycles. The summed E-state index contributed by atoms with van der Waals surface area (Å²) in [6, 6.07) is 5.87. The number of pyridine rings is 1. The van der Waals surface area contributed by atoms with Gasteiger partial charge in [0, 0.05) is 37.9 Å². The molecular formula is C16H20Cl2N4O. The van der Waals surface area contributed by atoms with Crippen molar-refractivity contribution in [3.63, 3.8) is 0 Å². The van der Waals surface area contributed by atoms with Crippen LogP contribution in [0.4, 0.5) is 0 Å². The highest BCUT2D eigenvalue weighted by atomic mass is 35.5. The topological polar surface area (TPSA) is 49.6 Å². The number of nitrogens with one attached hydrogen (secondary N) is 1. The van der Waals surface area contributed by atoms with Gasteiger partial charge in [-0.3, -0.25) is 14.1 Å². The highest BCUT2D eigenvalue weighted by molar-refractivity contribution is 6.30. The first kappa shape index (κ1) is 16.7. The van der Waals surface area contributed by atoms with E-state index >= 15 is 0 Å². The lowest BCUT2D eigenvalue weighted by Crippen LogP contribution is -2.44. The minimum Gasteiger partial charge on any atom is -0.314 e. The number of hydrogen-bond donors (Lipinski definition) is 1. The molecule has 0 radical (unpaired) electrons. The lowest BCUT2D eigenvalue weighted by Gasteiger charge is -2.34. The van der Waals surface area contributed by atoms with Crippen molar-refractivity contribution < 1.29 is 0 Å². The molecule has 2 atom stereocenters. The van der Waals surface area contributed by atoms with Gasteiger partial charge < -0.3 is 5.32 Å². The zero-order valence-electron chi connectivity index (χ0n) is 12.7. The Morgan fingerprint density at radius 1 is 1.35 bits per heavy atom. The van der Waals surface area contributed by atoms with Crippen LogP contribution in [0, 0.1) is 5.92 Å². The zero-order valence-corrected chi connectivity index (χ0v) is 14.3. The van der Waals surface area contributed by atoms with Crippen LogP contribution in [0.3, 0.4) is 0 Å². The maximum Gasteiger partial charge on any atom is 0.258 e. The van der Waals surface area contributed by atoms with Gasteiger partial charge in [0.25, 0.3) is 5.56 Å². The highest BCUT2D eigenvalue weighted by Gasteiger charge is 2.32. The smallest absolute Gasteiger partial charge is 0.258 e. The Bertz CT molecular complexity index is 763. The number of halogens is 2. The molecule has 7 heteroatoms. The lowest BCUT2D eigenvalue weighted by atomic mass is 9.93. The molecule has 0 saturated carbocycles. The molecule has 2 saturated heterocycles. The van der Waals surface area contributed by atoms with Gasteiger partial charge in [0.2, 0.25) is 0 Å². The Kier molecular flexibility index (Phi) is 4.92. The van der Waals surface area contributed by atoms with E-state index in [1.54, 1.807) is 24.4 Å². The number of likely N-dealkylation sites (tertiary alicyclic amines) is 1. The molecule has 2 aliphatic rings. The second kappa shape index (κ2) is 6.77. The van der Waals surface area contributed by atoms with Gasteiger partial charge >= 0.3 is 0 Å². The summed E-state index contributed by atoms with van der Waals surface area (Å²) >= 11 is 5.94. The number of piperidine rings is 1. The normalized spacial score (nSPS) is 24.4. The lowest BCUT2D eigenvalue weighted by molar-refractivity contribution is 0.154. The van der Waals surface area contributed by atoms with Crippen molar-refractivity contribution in [3.8, 4) is 0 Å². The van der Waals surface area contributed by atoms with Crippen LogP contribution >= 0.6 is 24.0 Å². The summed E-state index contributed by atoms with van der Waals surface area (Å²) in [6.07, 6.45) is 4.06. The standard InChI is InChI=1S/C16H19ClN4O.ClH/c17-12-1-2-15-19-13(7-16(22)21(15)9-12)10-20-6-4-14-11(8-20)3-5-18-14;/h1-2,7,9,11,14,18H,3-6,8,10H2;1H. The number of aromatic nitrogens is 2. The summed E-state index contributed by atoms with van der Waals surface area (Å²) in [4.78, 5) is 19.2. The average molecular weight is 355 g/mol. The fourth-order valence-corrected chi connectivity index (χ4v) is 3.86. The quantitative estimate of drug-likeness (QED) is 0.895. The SMILES string of the molecule is Cl.O=c1cc(CN2CCC3NCCC3C2)nc2ccc(Cl)cn12. The first-order valence-corrected chi connectivity index (χ1v) is 8.20. The number of nitrogens with zero attached hydrogens (tertiary/aromatic N) is 3. The van der Waals surface area contributed by atoms with E-state index in [2.05, 4.69) is 15.2 Å². The molecule has 23 heavy (non-hydrogen) atoms. The average Bonchev–Trinajstić information content (AvgIpc) is 2.96. The summed E-state index contributed by atoms with van der Waals surface area (Å²) in [7, 11) is 0. The van der Waals surface area contributed by atoms with Crippen molar-refractivity contribution in [2.45, 2.75) is 25.4 Å². The Morgan fingerprint density at radius 3 is 3.09 bits per heavy atom. The Morgan fingerprint density at radius 2 is 2.22 bits per heavy atom. The van der Waals surface area contributed by atoms with Crippen LogP contribution in [0.15, 0.2) is 29.2 Å². The molecule has 0 aromatic carbocycles. The van der Waals surface area contributed by atoms with Gasteiger partial charge in [0.15, 0.2) is 0 Å². The van der Waals surface area contributed by atoms with Crippen LogP contribution in [-0.4, -0.2) is 40.0 Å². The number of hydrogen-bond acceptors (Lipinski definition) is 4. The van der Waals surface area contributed by atoms with Crippen LogP contribution in [0.2, 0.25) is 5.02 Å². The second-order valence-corrected chi connectivity index (χ2v) is 6.73. The summed E-state index contributed by atoms with van der Waals surface area (Å²) < 4.78 is 1.50. The maximum atomic E-state index is 12.2. The third kappa shape index (κ3) is 3.38. The molecule has 2 aromatic rings. The fourth-order valence-electron chi connectivity index (χ4n) is 3.70. The molecular weight excluding hydrogens is 335 g/mol. The zero-order chi connectivity index (χ0) is 15.1. The van der Waals surface area contributed by atoms with Crippen LogP contribution in [0.1, 0.15) is 18.5 Å².